The second kappa shape index (κ2) is 5.79. The minimum atomic E-state index is -3.53. The summed E-state index contributed by atoms with van der Waals surface area (Å²) in [4.78, 5) is 10.6. The van der Waals surface area contributed by atoms with Crippen LogP contribution in [0.15, 0.2) is 29.2 Å². The smallest absolute Gasteiger partial charge is 0.328 e. The van der Waals surface area contributed by atoms with E-state index in [2.05, 4.69) is 4.72 Å². The maximum atomic E-state index is 11.9. The lowest BCUT2D eigenvalue weighted by atomic mass is 10.1. The van der Waals surface area contributed by atoms with Crippen molar-refractivity contribution < 1.29 is 18.3 Å². The van der Waals surface area contributed by atoms with Crippen LogP contribution in [0.25, 0.3) is 6.08 Å². The Morgan fingerprint density at radius 3 is 2.67 bits per heavy atom. The van der Waals surface area contributed by atoms with Crippen LogP contribution in [0.3, 0.4) is 0 Å². The van der Waals surface area contributed by atoms with Crippen molar-refractivity contribution in [2.24, 2.45) is 0 Å². The average molecular weight is 269 g/mol. The summed E-state index contributed by atoms with van der Waals surface area (Å²) in [6.45, 7) is 3.69. The van der Waals surface area contributed by atoms with E-state index in [-0.39, 0.29) is 4.90 Å². The number of rotatable bonds is 5. The summed E-state index contributed by atoms with van der Waals surface area (Å²) in [5.74, 6) is -1.08. The Kier molecular flexibility index (Phi) is 4.63. The molecular formula is C12H15NO4S. The van der Waals surface area contributed by atoms with Gasteiger partial charge in [0.05, 0.1) is 4.90 Å². The highest BCUT2D eigenvalue weighted by Crippen LogP contribution is 2.17. The largest absolute Gasteiger partial charge is 0.478 e. The number of sulfonamides is 1. The van der Waals surface area contributed by atoms with Gasteiger partial charge in [-0.05, 0) is 30.2 Å². The van der Waals surface area contributed by atoms with Gasteiger partial charge >= 0.3 is 5.97 Å². The molecule has 0 unspecified atom stereocenters. The quantitative estimate of drug-likeness (QED) is 0.791. The second-order valence-electron chi connectivity index (χ2n) is 3.70. The molecule has 1 aromatic rings. The van der Waals surface area contributed by atoms with Crippen molar-refractivity contribution in [1.82, 2.24) is 4.72 Å². The van der Waals surface area contributed by atoms with Crippen molar-refractivity contribution in [3.63, 3.8) is 0 Å². The highest BCUT2D eigenvalue weighted by molar-refractivity contribution is 7.89. The van der Waals surface area contributed by atoms with Crippen molar-refractivity contribution in [2.45, 2.75) is 18.7 Å². The van der Waals surface area contributed by atoms with Gasteiger partial charge < -0.3 is 5.11 Å². The van der Waals surface area contributed by atoms with Gasteiger partial charge in [0.25, 0.3) is 0 Å². The average Bonchev–Trinajstić information content (AvgIpc) is 2.27. The minimum absolute atomic E-state index is 0.164. The molecule has 6 heteroatoms. The Morgan fingerprint density at radius 1 is 1.44 bits per heavy atom. The molecule has 98 valence electrons. The zero-order chi connectivity index (χ0) is 13.8. The fraction of sp³-hybridized carbons (Fsp3) is 0.250. The maximum absolute atomic E-state index is 11.9. The molecule has 5 nitrogen and oxygen atoms in total. The van der Waals surface area contributed by atoms with Gasteiger partial charge in [-0.2, -0.15) is 0 Å². The second-order valence-corrected chi connectivity index (χ2v) is 5.43. The fourth-order valence-corrected chi connectivity index (χ4v) is 2.76. The number of nitrogens with one attached hydrogen (secondary N) is 1. The summed E-state index contributed by atoms with van der Waals surface area (Å²) in [6.07, 6.45) is 2.32. The van der Waals surface area contributed by atoms with Gasteiger partial charge in [-0.1, -0.05) is 19.1 Å². The van der Waals surface area contributed by atoms with Crippen molar-refractivity contribution >= 4 is 22.1 Å². The molecule has 0 atom stereocenters. The molecule has 0 bridgehead atoms. The van der Waals surface area contributed by atoms with Crippen molar-refractivity contribution in [3.8, 4) is 0 Å². The molecule has 0 fully saturated rings. The standard InChI is InChI=1S/C12H15NO4S/c1-3-13-18(16,17)11-8-10(5-4-9(11)2)6-7-12(14)15/h4-8,13H,3H2,1-2H3,(H,14,15). The minimum Gasteiger partial charge on any atom is -0.478 e. The van der Waals surface area contributed by atoms with Crippen molar-refractivity contribution in [1.29, 1.82) is 0 Å². The van der Waals surface area contributed by atoms with Crippen LogP contribution >= 0.6 is 0 Å². The molecule has 2 N–H and O–H groups in total. The lowest BCUT2D eigenvalue weighted by Gasteiger charge is -2.08. The van der Waals surface area contributed by atoms with Crippen LogP contribution in [0.1, 0.15) is 18.1 Å². The van der Waals surface area contributed by atoms with E-state index in [9.17, 15) is 13.2 Å². The predicted molar refractivity (Wildman–Crippen MR) is 68.7 cm³/mol. The lowest BCUT2D eigenvalue weighted by molar-refractivity contribution is -0.131. The van der Waals surface area contributed by atoms with Gasteiger partial charge in [-0.25, -0.2) is 17.9 Å². The first-order valence-corrected chi connectivity index (χ1v) is 6.86. The third kappa shape index (κ3) is 3.68. The van der Waals surface area contributed by atoms with Crippen LogP contribution in [0, 0.1) is 6.92 Å². The molecule has 0 amide bonds. The van der Waals surface area contributed by atoms with Gasteiger partial charge in [0.1, 0.15) is 0 Å². The third-order valence-electron chi connectivity index (χ3n) is 2.25. The molecule has 1 rings (SSSR count). The molecule has 0 saturated carbocycles. The van der Waals surface area contributed by atoms with E-state index < -0.39 is 16.0 Å². The first-order valence-electron chi connectivity index (χ1n) is 5.38. The third-order valence-corrected chi connectivity index (χ3v) is 3.94. The van der Waals surface area contributed by atoms with Crippen LogP contribution in [-0.4, -0.2) is 26.0 Å². The van der Waals surface area contributed by atoms with Crippen LogP contribution in [-0.2, 0) is 14.8 Å². The normalized spacial score (nSPS) is 11.9. The van der Waals surface area contributed by atoms with E-state index in [0.29, 0.717) is 17.7 Å². The highest BCUT2D eigenvalue weighted by Gasteiger charge is 2.15. The van der Waals surface area contributed by atoms with Crippen molar-refractivity contribution in [3.05, 3.63) is 35.4 Å². The number of aryl methyl sites for hydroxylation is 1. The Hall–Kier alpha value is -1.66. The first kappa shape index (κ1) is 14.4. The summed E-state index contributed by atoms with van der Waals surface area (Å²) in [5.41, 5.74) is 1.14. The van der Waals surface area contributed by atoms with E-state index in [4.69, 9.17) is 5.11 Å². The number of carbonyl (C=O) groups is 1. The monoisotopic (exact) mass is 269 g/mol. The van der Waals surface area contributed by atoms with Crippen LogP contribution in [0.4, 0.5) is 0 Å². The van der Waals surface area contributed by atoms with E-state index in [1.165, 1.54) is 12.1 Å². The SMILES string of the molecule is CCNS(=O)(=O)c1cc(C=CC(=O)O)ccc1C. The molecule has 1 aromatic carbocycles. The zero-order valence-electron chi connectivity index (χ0n) is 10.2. The molecule has 0 heterocycles. The van der Waals surface area contributed by atoms with Crippen molar-refractivity contribution in [2.75, 3.05) is 6.54 Å². The topological polar surface area (TPSA) is 83.5 Å². The summed E-state index contributed by atoms with van der Waals surface area (Å²) in [6, 6.07) is 4.76. The van der Waals surface area contributed by atoms with E-state index in [1.807, 2.05) is 0 Å². The molecule has 0 radical (unpaired) electrons. The fourth-order valence-electron chi connectivity index (χ4n) is 1.45. The molecule has 0 aliphatic rings. The summed E-state index contributed by atoms with van der Waals surface area (Å²) < 4.78 is 26.2. The zero-order valence-corrected chi connectivity index (χ0v) is 11.0. The summed E-state index contributed by atoms with van der Waals surface area (Å²) >= 11 is 0. The Labute approximate surface area is 106 Å². The number of carboxylic acid groups (broad SMARTS) is 1. The van der Waals surface area contributed by atoms with E-state index in [0.717, 1.165) is 6.08 Å². The number of carboxylic acids is 1. The number of aliphatic carboxylic acids is 1. The molecule has 18 heavy (non-hydrogen) atoms. The highest BCUT2D eigenvalue weighted by atomic mass is 32.2. The number of hydrogen-bond acceptors (Lipinski definition) is 3. The van der Waals surface area contributed by atoms with E-state index >= 15 is 0 Å². The van der Waals surface area contributed by atoms with Gasteiger partial charge in [0.2, 0.25) is 10.0 Å². The first-order chi connectivity index (χ1) is 8.36. The van der Waals surface area contributed by atoms with Gasteiger partial charge in [0.15, 0.2) is 0 Å². The molecule has 0 spiro atoms. The molecule has 0 aromatic heterocycles. The van der Waals surface area contributed by atoms with Crippen LogP contribution in [0.5, 0.6) is 0 Å². The Bertz CT molecular complexity index is 576. The van der Waals surface area contributed by atoms with Gasteiger partial charge in [0, 0.05) is 12.6 Å². The predicted octanol–water partition coefficient (Wildman–Crippen LogP) is 1.39. The Balaban J connectivity index is 3.21. The summed E-state index contributed by atoms with van der Waals surface area (Å²) in [7, 11) is -3.53. The van der Waals surface area contributed by atoms with Gasteiger partial charge in [-0.3, -0.25) is 0 Å². The summed E-state index contributed by atoms with van der Waals surface area (Å²) in [5, 5.41) is 8.53. The molecule has 0 aliphatic heterocycles. The van der Waals surface area contributed by atoms with E-state index in [1.54, 1.807) is 26.0 Å². The Morgan fingerprint density at radius 2 is 2.11 bits per heavy atom. The lowest BCUT2D eigenvalue weighted by Crippen LogP contribution is -2.23. The van der Waals surface area contributed by atoms with Crippen LogP contribution < -0.4 is 4.72 Å². The van der Waals surface area contributed by atoms with Crippen LogP contribution in [0.2, 0.25) is 0 Å². The maximum Gasteiger partial charge on any atom is 0.328 e. The molecular weight excluding hydrogens is 254 g/mol. The number of hydrogen-bond donors (Lipinski definition) is 2. The number of benzene rings is 1. The molecule has 0 aliphatic carbocycles. The van der Waals surface area contributed by atoms with Gasteiger partial charge in [-0.15, -0.1) is 0 Å². The molecule has 0 saturated heterocycles.